The highest BCUT2D eigenvalue weighted by molar-refractivity contribution is 5.25. The second kappa shape index (κ2) is 4.85. The van der Waals surface area contributed by atoms with Crippen LogP contribution in [0, 0.1) is 6.92 Å². The van der Waals surface area contributed by atoms with E-state index in [-0.39, 0.29) is 0 Å². The molecular weight excluding hydrogens is 202 g/mol. The summed E-state index contributed by atoms with van der Waals surface area (Å²) in [5.41, 5.74) is 2.59. The molecule has 0 spiro atoms. The summed E-state index contributed by atoms with van der Waals surface area (Å²) >= 11 is 0. The summed E-state index contributed by atoms with van der Waals surface area (Å²) in [6, 6.07) is 8.32. The third kappa shape index (κ3) is 2.64. The lowest BCUT2D eigenvalue weighted by molar-refractivity contribution is 0.619. The lowest BCUT2D eigenvalue weighted by atomic mass is 10.1. The average molecular weight is 217 g/mol. The van der Waals surface area contributed by atoms with Crippen molar-refractivity contribution in [2.45, 2.75) is 20.0 Å². The Kier molecular flexibility index (Phi) is 3.26. The summed E-state index contributed by atoms with van der Waals surface area (Å²) in [6.45, 7) is 3.57. The lowest BCUT2D eigenvalue weighted by Gasteiger charge is -2.05. The topological polar surface area (TPSA) is 55.6 Å². The molecule has 2 aromatic rings. The van der Waals surface area contributed by atoms with Crippen LogP contribution in [0.5, 0.6) is 0 Å². The molecule has 1 heterocycles. The molecule has 0 unspecified atom stereocenters. The Hall–Kier alpha value is -1.75. The van der Waals surface area contributed by atoms with Gasteiger partial charge in [0.15, 0.2) is 5.82 Å². The number of rotatable bonds is 4. The highest BCUT2D eigenvalue weighted by atomic mass is 15.6. The first-order chi connectivity index (χ1) is 7.75. The highest BCUT2D eigenvalue weighted by Gasteiger charge is 2.00. The quantitative estimate of drug-likeness (QED) is 0.823. The van der Waals surface area contributed by atoms with Crippen molar-refractivity contribution in [1.29, 1.82) is 0 Å². The lowest BCUT2D eigenvalue weighted by Crippen LogP contribution is -2.14. The number of hydrogen-bond acceptors (Lipinski definition) is 4. The van der Waals surface area contributed by atoms with Crippen molar-refractivity contribution in [2.24, 2.45) is 7.05 Å². The zero-order valence-corrected chi connectivity index (χ0v) is 9.51. The van der Waals surface area contributed by atoms with Crippen LogP contribution in [0.1, 0.15) is 17.0 Å². The van der Waals surface area contributed by atoms with Gasteiger partial charge in [0.25, 0.3) is 0 Å². The molecule has 0 aliphatic rings. The smallest absolute Gasteiger partial charge is 0.188 e. The maximum absolute atomic E-state index is 4.10. The van der Waals surface area contributed by atoms with Gasteiger partial charge in [0.05, 0.1) is 13.6 Å². The molecule has 1 aromatic heterocycles. The van der Waals surface area contributed by atoms with Gasteiger partial charge in [0.2, 0.25) is 0 Å². The van der Waals surface area contributed by atoms with Crippen LogP contribution < -0.4 is 5.32 Å². The SMILES string of the molecule is Cc1ccccc1CNCc1nnn(C)n1. The summed E-state index contributed by atoms with van der Waals surface area (Å²) in [5.74, 6) is 0.719. The molecule has 84 valence electrons. The number of aromatic nitrogens is 4. The molecule has 16 heavy (non-hydrogen) atoms. The minimum atomic E-state index is 0.641. The maximum atomic E-state index is 4.10. The molecule has 0 amide bonds. The molecule has 0 fully saturated rings. The van der Waals surface area contributed by atoms with Crippen molar-refractivity contribution in [3.63, 3.8) is 0 Å². The van der Waals surface area contributed by atoms with E-state index in [0.717, 1.165) is 12.4 Å². The molecular formula is C11H15N5. The Bertz CT molecular complexity index is 463. The number of aryl methyl sites for hydroxylation is 2. The molecule has 0 radical (unpaired) electrons. The van der Waals surface area contributed by atoms with Crippen molar-refractivity contribution in [3.8, 4) is 0 Å². The Labute approximate surface area is 94.5 Å². The van der Waals surface area contributed by atoms with Crippen LogP contribution in [0.15, 0.2) is 24.3 Å². The minimum Gasteiger partial charge on any atom is -0.306 e. The minimum absolute atomic E-state index is 0.641. The third-order valence-corrected chi connectivity index (χ3v) is 2.41. The van der Waals surface area contributed by atoms with E-state index in [2.05, 4.69) is 39.8 Å². The Morgan fingerprint density at radius 2 is 2.06 bits per heavy atom. The Morgan fingerprint density at radius 3 is 2.75 bits per heavy atom. The van der Waals surface area contributed by atoms with Crippen LogP contribution in [0.3, 0.4) is 0 Å². The summed E-state index contributed by atoms with van der Waals surface area (Å²) in [4.78, 5) is 1.46. The van der Waals surface area contributed by atoms with Crippen LogP contribution in [0.25, 0.3) is 0 Å². The van der Waals surface area contributed by atoms with Gasteiger partial charge in [-0.05, 0) is 23.3 Å². The Balaban J connectivity index is 1.87. The van der Waals surface area contributed by atoms with E-state index in [1.165, 1.54) is 15.9 Å². The van der Waals surface area contributed by atoms with E-state index in [1.807, 2.05) is 12.1 Å². The van der Waals surface area contributed by atoms with E-state index in [1.54, 1.807) is 7.05 Å². The summed E-state index contributed by atoms with van der Waals surface area (Å²) in [7, 11) is 1.76. The molecule has 1 aromatic carbocycles. The molecule has 0 atom stereocenters. The van der Waals surface area contributed by atoms with Crippen LogP contribution in [-0.4, -0.2) is 20.2 Å². The van der Waals surface area contributed by atoms with Gasteiger partial charge in [-0.3, -0.25) is 0 Å². The normalized spacial score (nSPS) is 10.6. The van der Waals surface area contributed by atoms with Crippen LogP contribution in [0.4, 0.5) is 0 Å². The van der Waals surface area contributed by atoms with Gasteiger partial charge in [-0.1, -0.05) is 24.3 Å². The standard InChI is InChI=1S/C11H15N5/c1-9-5-3-4-6-10(9)7-12-8-11-13-15-16(2)14-11/h3-6,12H,7-8H2,1-2H3. The second-order valence-corrected chi connectivity index (χ2v) is 3.73. The van der Waals surface area contributed by atoms with E-state index < -0.39 is 0 Å². The number of benzene rings is 1. The van der Waals surface area contributed by atoms with Crippen molar-refractivity contribution < 1.29 is 0 Å². The fourth-order valence-electron chi connectivity index (χ4n) is 1.51. The van der Waals surface area contributed by atoms with E-state index in [4.69, 9.17) is 0 Å². The van der Waals surface area contributed by atoms with Crippen molar-refractivity contribution in [3.05, 3.63) is 41.2 Å². The van der Waals surface area contributed by atoms with Crippen molar-refractivity contribution in [1.82, 2.24) is 25.5 Å². The zero-order chi connectivity index (χ0) is 11.4. The molecule has 0 bridgehead atoms. The molecule has 5 heteroatoms. The number of hydrogen-bond donors (Lipinski definition) is 1. The molecule has 0 saturated heterocycles. The van der Waals surface area contributed by atoms with Gasteiger partial charge < -0.3 is 5.32 Å². The third-order valence-electron chi connectivity index (χ3n) is 2.41. The van der Waals surface area contributed by atoms with E-state index in [9.17, 15) is 0 Å². The van der Waals surface area contributed by atoms with Gasteiger partial charge in [0, 0.05) is 6.54 Å². The number of tetrazole rings is 1. The molecule has 0 saturated carbocycles. The fourth-order valence-corrected chi connectivity index (χ4v) is 1.51. The monoisotopic (exact) mass is 217 g/mol. The predicted molar refractivity (Wildman–Crippen MR) is 60.5 cm³/mol. The molecule has 2 rings (SSSR count). The van der Waals surface area contributed by atoms with Gasteiger partial charge in [-0.25, -0.2) is 0 Å². The van der Waals surface area contributed by atoms with Crippen molar-refractivity contribution >= 4 is 0 Å². The number of nitrogens with one attached hydrogen (secondary N) is 1. The van der Waals surface area contributed by atoms with E-state index >= 15 is 0 Å². The first-order valence-electron chi connectivity index (χ1n) is 5.24. The molecule has 0 aliphatic heterocycles. The van der Waals surface area contributed by atoms with Gasteiger partial charge in [-0.2, -0.15) is 4.80 Å². The predicted octanol–water partition coefficient (Wildman–Crippen LogP) is 0.808. The van der Waals surface area contributed by atoms with E-state index in [0.29, 0.717) is 6.54 Å². The number of nitrogens with zero attached hydrogens (tertiary/aromatic N) is 4. The first kappa shape index (κ1) is 10.8. The zero-order valence-electron chi connectivity index (χ0n) is 9.51. The van der Waals surface area contributed by atoms with Gasteiger partial charge >= 0.3 is 0 Å². The highest BCUT2D eigenvalue weighted by Crippen LogP contribution is 2.06. The maximum Gasteiger partial charge on any atom is 0.188 e. The van der Waals surface area contributed by atoms with Crippen LogP contribution >= 0.6 is 0 Å². The fraction of sp³-hybridized carbons (Fsp3) is 0.364. The van der Waals surface area contributed by atoms with Gasteiger partial charge in [-0.15, -0.1) is 10.2 Å². The summed E-state index contributed by atoms with van der Waals surface area (Å²) < 4.78 is 0. The van der Waals surface area contributed by atoms with Gasteiger partial charge in [0.1, 0.15) is 0 Å². The second-order valence-electron chi connectivity index (χ2n) is 3.73. The molecule has 5 nitrogen and oxygen atoms in total. The molecule has 0 aliphatic carbocycles. The van der Waals surface area contributed by atoms with Crippen molar-refractivity contribution in [2.75, 3.05) is 0 Å². The Morgan fingerprint density at radius 1 is 1.25 bits per heavy atom. The molecule has 1 N–H and O–H groups in total. The summed E-state index contributed by atoms with van der Waals surface area (Å²) in [6.07, 6.45) is 0. The van der Waals surface area contributed by atoms with Crippen LogP contribution in [0.2, 0.25) is 0 Å². The van der Waals surface area contributed by atoms with Crippen LogP contribution in [-0.2, 0) is 20.1 Å². The average Bonchev–Trinajstić information content (AvgIpc) is 2.67. The first-order valence-corrected chi connectivity index (χ1v) is 5.24. The summed E-state index contributed by atoms with van der Waals surface area (Å²) in [5, 5.41) is 15.1. The largest absolute Gasteiger partial charge is 0.306 e.